The highest BCUT2D eigenvalue weighted by Crippen LogP contribution is 2.57. The van der Waals surface area contributed by atoms with E-state index >= 15 is 0 Å². The van der Waals surface area contributed by atoms with Crippen molar-refractivity contribution in [1.82, 2.24) is 0 Å². The van der Waals surface area contributed by atoms with Gasteiger partial charge in [-0.15, -0.1) is 0 Å². The van der Waals surface area contributed by atoms with Crippen molar-refractivity contribution in [3.8, 4) is 0 Å². The SMILES string of the molecule is O=C(CCC(F)(C(F)(F)F)C(F)(F)F)OC12CC3CC(CC(C3)C1)C2. The first-order chi connectivity index (χ1) is 11.3. The average molecular weight is 376 g/mol. The van der Waals surface area contributed by atoms with E-state index in [2.05, 4.69) is 0 Å². The van der Waals surface area contributed by atoms with Crippen LogP contribution in [-0.2, 0) is 9.53 Å². The number of rotatable bonds is 4. The van der Waals surface area contributed by atoms with Crippen molar-refractivity contribution >= 4 is 5.97 Å². The lowest BCUT2D eigenvalue weighted by atomic mass is 9.54. The molecule has 144 valence electrons. The fourth-order valence-corrected chi connectivity index (χ4v) is 5.17. The third-order valence-electron chi connectivity index (χ3n) is 5.88. The van der Waals surface area contributed by atoms with Crippen LogP contribution >= 0.6 is 0 Å². The van der Waals surface area contributed by atoms with Gasteiger partial charge in [0.25, 0.3) is 5.67 Å². The number of ether oxygens (including phenoxy) is 1. The molecule has 0 atom stereocenters. The lowest BCUT2D eigenvalue weighted by Gasteiger charge is -2.55. The highest BCUT2D eigenvalue weighted by atomic mass is 19.4. The number of hydrogen-bond acceptors (Lipinski definition) is 2. The van der Waals surface area contributed by atoms with Crippen molar-refractivity contribution in [2.45, 2.75) is 75.0 Å². The standard InChI is InChI=1S/C16H19F7O2/c17-14(15(18,19)20,16(21,22)23)2-1-12(24)25-13-6-9-3-10(7-13)5-11(4-9)8-13/h9-11H,1-8H2. The molecule has 0 amide bonds. The number of carbonyl (C=O) groups excluding carboxylic acids is 1. The Hall–Kier alpha value is -1.02. The summed E-state index contributed by atoms with van der Waals surface area (Å²) >= 11 is 0. The molecule has 0 heterocycles. The van der Waals surface area contributed by atoms with Gasteiger partial charge in [0.2, 0.25) is 0 Å². The van der Waals surface area contributed by atoms with E-state index in [0.29, 0.717) is 37.0 Å². The maximum Gasteiger partial charge on any atom is 0.431 e. The molecule has 0 N–H and O–H groups in total. The molecule has 2 nitrogen and oxygen atoms in total. The van der Waals surface area contributed by atoms with E-state index in [1.165, 1.54) is 0 Å². The second-order valence-corrected chi connectivity index (χ2v) is 7.87. The minimum atomic E-state index is -6.13. The Morgan fingerprint density at radius 1 is 0.840 bits per heavy atom. The lowest BCUT2D eigenvalue weighted by Crippen LogP contribution is -2.54. The van der Waals surface area contributed by atoms with E-state index in [1.54, 1.807) is 0 Å². The fourth-order valence-electron chi connectivity index (χ4n) is 5.17. The van der Waals surface area contributed by atoms with Crippen molar-refractivity contribution in [3.05, 3.63) is 0 Å². The van der Waals surface area contributed by atoms with Crippen LogP contribution < -0.4 is 0 Å². The molecule has 25 heavy (non-hydrogen) atoms. The van der Waals surface area contributed by atoms with Crippen LogP contribution in [0.5, 0.6) is 0 Å². The molecular weight excluding hydrogens is 357 g/mol. The summed E-state index contributed by atoms with van der Waals surface area (Å²) in [5, 5.41) is 0. The highest BCUT2D eigenvalue weighted by molar-refractivity contribution is 5.70. The Kier molecular flexibility index (Phi) is 4.31. The molecule has 4 saturated carbocycles. The Balaban J connectivity index is 1.63. The topological polar surface area (TPSA) is 26.3 Å². The molecule has 4 bridgehead atoms. The number of carbonyl (C=O) groups is 1. The Morgan fingerprint density at radius 2 is 1.24 bits per heavy atom. The average Bonchev–Trinajstić information content (AvgIpc) is 2.40. The minimum Gasteiger partial charge on any atom is -0.459 e. The van der Waals surface area contributed by atoms with Crippen LogP contribution in [0, 0.1) is 17.8 Å². The van der Waals surface area contributed by atoms with Crippen molar-refractivity contribution in [3.63, 3.8) is 0 Å². The lowest BCUT2D eigenvalue weighted by molar-refractivity contribution is -0.343. The van der Waals surface area contributed by atoms with Gasteiger partial charge in [0.05, 0.1) is 0 Å². The third kappa shape index (κ3) is 3.35. The summed E-state index contributed by atoms with van der Waals surface area (Å²) in [5.41, 5.74) is -6.18. The molecule has 4 fully saturated rings. The van der Waals surface area contributed by atoms with Crippen LogP contribution in [0.15, 0.2) is 0 Å². The van der Waals surface area contributed by atoms with Gasteiger partial charge in [-0.25, -0.2) is 4.39 Å². The van der Waals surface area contributed by atoms with E-state index in [0.717, 1.165) is 19.3 Å². The molecule has 0 unspecified atom stereocenters. The van der Waals surface area contributed by atoms with Gasteiger partial charge < -0.3 is 4.74 Å². The monoisotopic (exact) mass is 376 g/mol. The molecule has 4 aliphatic rings. The van der Waals surface area contributed by atoms with Crippen LogP contribution in [-0.4, -0.2) is 29.6 Å². The number of alkyl halides is 7. The van der Waals surface area contributed by atoms with Crippen LogP contribution in [0.4, 0.5) is 30.7 Å². The predicted molar refractivity (Wildman–Crippen MR) is 72.2 cm³/mol. The van der Waals surface area contributed by atoms with Crippen molar-refractivity contribution in [2.75, 3.05) is 0 Å². The molecule has 9 heteroatoms. The summed E-state index contributed by atoms with van der Waals surface area (Å²) < 4.78 is 94.1. The van der Waals surface area contributed by atoms with E-state index in [9.17, 15) is 35.5 Å². The molecule has 0 radical (unpaired) electrons. The molecule has 0 aromatic rings. The van der Waals surface area contributed by atoms with Crippen LogP contribution in [0.3, 0.4) is 0 Å². The zero-order valence-electron chi connectivity index (χ0n) is 13.4. The zero-order chi connectivity index (χ0) is 18.7. The van der Waals surface area contributed by atoms with E-state index in [1.807, 2.05) is 0 Å². The van der Waals surface area contributed by atoms with Crippen LogP contribution in [0.1, 0.15) is 51.4 Å². The second kappa shape index (κ2) is 5.74. The van der Waals surface area contributed by atoms with Gasteiger partial charge in [-0.2, -0.15) is 26.3 Å². The summed E-state index contributed by atoms with van der Waals surface area (Å²) in [4.78, 5) is 11.9. The number of halogens is 7. The number of hydrogen-bond donors (Lipinski definition) is 0. The van der Waals surface area contributed by atoms with E-state index in [4.69, 9.17) is 4.74 Å². The van der Waals surface area contributed by atoms with Gasteiger partial charge in [0.15, 0.2) is 0 Å². The maximum atomic E-state index is 13.6. The van der Waals surface area contributed by atoms with Gasteiger partial charge in [-0.05, 0) is 56.3 Å². The maximum absolute atomic E-state index is 13.6. The molecule has 4 rings (SSSR count). The van der Waals surface area contributed by atoms with Gasteiger partial charge in [-0.1, -0.05) is 0 Å². The second-order valence-electron chi connectivity index (χ2n) is 7.87. The van der Waals surface area contributed by atoms with Crippen LogP contribution in [0.25, 0.3) is 0 Å². The first-order valence-electron chi connectivity index (χ1n) is 8.38. The largest absolute Gasteiger partial charge is 0.459 e. The third-order valence-corrected chi connectivity index (χ3v) is 5.88. The summed E-state index contributed by atoms with van der Waals surface area (Å²) in [6.45, 7) is 0. The molecular formula is C16H19F7O2. The van der Waals surface area contributed by atoms with Gasteiger partial charge >= 0.3 is 18.3 Å². The van der Waals surface area contributed by atoms with Crippen molar-refractivity contribution < 1.29 is 40.3 Å². The first-order valence-corrected chi connectivity index (χ1v) is 8.38. The molecule has 0 saturated heterocycles. The first kappa shape index (κ1) is 18.8. The fraction of sp³-hybridized carbons (Fsp3) is 0.938. The smallest absolute Gasteiger partial charge is 0.431 e. The van der Waals surface area contributed by atoms with Crippen LogP contribution in [0.2, 0.25) is 0 Å². The Labute approximate surface area is 140 Å². The van der Waals surface area contributed by atoms with E-state index < -0.39 is 42.4 Å². The summed E-state index contributed by atoms with van der Waals surface area (Å²) in [6.07, 6.45) is -10.6. The highest BCUT2D eigenvalue weighted by Gasteiger charge is 2.72. The van der Waals surface area contributed by atoms with Crippen molar-refractivity contribution in [2.24, 2.45) is 17.8 Å². The molecule has 0 aliphatic heterocycles. The Morgan fingerprint density at radius 3 is 1.60 bits per heavy atom. The summed E-state index contributed by atoms with van der Waals surface area (Å²) in [5.74, 6) is -0.00327. The molecule has 0 aromatic carbocycles. The molecule has 0 spiro atoms. The van der Waals surface area contributed by atoms with Gasteiger partial charge in [-0.3, -0.25) is 4.79 Å². The zero-order valence-corrected chi connectivity index (χ0v) is 13.4. The number of esters is 1. The quantitative estimate of drug-likeness (QED) is 0.503. The predicted octanol–water partition coefficient (Wildman–Crippen LogP) is 5.11. The minimum absolute atomic E-state index is 0.393. The van der Waals surface area contributed by atoms with Gasteiger partial charge in [0, 0.05) is 12.8 Å². The summed E-state index contributed by atoms with van der Waals surface area (Å²) in [6, 6.07) is 0. The normalized spacial score (nSPS) is 35.1. The van der Waals surface area contributed by atoms with Gasteiger partial charge in [0.1, 0.15) is 5.60 Å². The summed E-state index contributed by atoms with van der Waals surface area (Å²) in [7, 11) is 0. The van der Waals surface area contributed by atoms with E-state index in [-0.39, 0.29) is 0 Å². The van der Waals surface area contributed by atoms with Crippen molar-refractivity contribution in [1.29, 1.82) is 0 Å². The molecule has 0 aromatic heterocycles. The Bertz CT molecular complexity index is 488. The molecule has 4 aliphatic carbocycles.